The lowest BCUT2D eigenvalue weighted by Crippen LogP contribution is -2.46. The van der Waals surface area contributed by atoms with Crippen molar-refractivity contribution in [2.24, 2.45) is 0 Å². The molecule has 1 aromatic rings. The zero-order valence-corrected chi connectivity index (χ0v) is 14.8. The summed E-state index contributed by atoms with van der Waals surface area (Å²) in [6, 6.07) is 1.56. The van der Waals surface area contributed by atoms with E-state index in [4.69, 9.17) is 9.47 Å². The highest BCUT2D eigenvalue weighted by molar-refractivity contribution is 7.93. The second kappa shape index (κ2) is 5.91. The molecular weight excluding hydrogens is 346 g/mol. The molecule has 2 aliphatic heterocycles. The quantitative estimate of drug-likeness (QED) is 0.777. The summed E-state index contributed by atoms with van der Waals surface area (Å²) >= 11 is 0. The lowest BCUT2D eigenvalue weighted by Gasteiger charge is -2.37. The number of nitrogens with zero attached hydrogens (tertiary/aromatic N) is 2. The standard InChI is InChI=1S/C16H21N3O5S/c1-23-15(20)16(7-10-2-3-11(8-16)24-10)13-6-14(18-9-17-13)19-25(21,22)12-4-5-12/h6,9-12H,2-5,7-8H2,1H3,(H,17,18,19). The molecule has 25 heavy (non-hydrogen) atoms. The van der Waals surface area contributed by atoms with Gasteiger partial charge in [0.25, 0.3) is 0 Å². The maximum absolute atomic E-state index is 12.6. The third-order valence-electron chi connectivity index (χ3n) is 5.29. The van der Waals surface area contributed by atoms with E-state index < -0.39 is 15.4 Å². The molecule has 2 saturated heterocycles. The van der Waals surface area contributed by atoms with Crippen LogP contribution in [0.5, 0.6) is 0 Å². The molecule has 2 atom stereocenters. The van der Waals surface area contributed by atoms with Gasteiger partial charge in [0.1, 0.15) is 17.6 Å². The van der Waals surface area contributed by atoms with Crippen LogP contribution in [0, 0.1) is 0 Å². The first kappa shape index (κ1) is 16.7. The Bertz CT molecular complexity index is 781. The number of nitrogens with one attached hydrogen (secondary N) is 1. The van der Waals surface area contributed by atoms with Gasteiger partial charge in [0, 0.05) is 6.07 Å². The molecule has 9 heteroatoms. The molecule has 0 aromatic carbocycles. The maximum atomic E-state index is 12.6. The van der Waals surface area contributed by atoms with E-state index in [1.165, 1.54) is 13.4 Å². The molecule has 3 aliphatic rings. The van der Waals surface area contributed by atoms with Crippen LogP contribution in [0.15, 0.2) is 12.4 Å². The van der Waals surface area contributed by atoms with Crippen LogP contribution in [0.3, 0.4) is 0 Å². The molecule has 3 heterocycles. The van der Waals surface area contributed by atoms with Crippen molar-refractivity contribution in [1.29, 1.82) is 0 Å². The summed E-state index contributed by atoms with van der Waals surface area (Å²) < 4.78 is 37.7. The van der Waals surface area contributed by atoms with Crippen LogP contribution in [0.1, 0.15) is 44.2 Å². The molecule has 136 valence electrons. The fourth-order valence-electron chi connectivity index (χ4n) is 3.90. The fourth-order valence-corrected chi connectivity index (χ4v) is 5.23. The van der Waals surface area contributed by atoms with E-state index in [1.807, 2.05) is 0 Å². The van der Waals surface area contributed by atoms with E-state index >= 15 is 0 Å². The predicted molar refractivity (Wildman–Crippen MR) is 88.4 cm³/mol. The van der Waals surface area contributed by atoms with Gasteiger partial charge in [-0.1, -0.05) is 0 Å². The van der Waals surface area contributed by atoms with Crippen LogP contribution in [0.4, 0.5) is 5.82 Å². The van der Waals surface area contributed by atoms with Gasteiger partial charge in [-0.15, -0.1) is 0 Å². The van der Waals surface area contributed by atoms with Gasteiger partial charge < -0.3 is 9.47 Å². The number of anilines is 1. The maximum Gasteiger partial charge on any atom is 0.318 e. The van der Waals surface area contributed by atoms with Crippen LogP contribution in [0.2, 0.25) is 0 Å². The van der Waals surface area contributed by atoms with Crippen LogP contribution in [-0.2, 0) is 29.7 Å². The van der Waals surface area contributed by atoms with E-state index in [2.05, 4.69) is 14.7 Å². The average molecular weight is 367 g/mol. The highest BCUT2D eigenvalue weighted by Crippen LogP contribution is 2.46. The topological polar surface area (TPSA) is 107 Å². The number of carbonyl (C=O) groups is 1. The van der Waals surface area contributed by atoms with Crippen molar-refractivity contribution in [1.82, 2.24) is 9.97 Å². The summed E-state index contributed by atoms with van der Waals surface area (Å²) in [5.41, 5.74) is -0.426. The van der Waals surface area contributed by atoms with Crippen molar-refractivity contribution >= 4 is 21.8 Å². The fraction of sp³-hybridized carbons (Fsp3) is 0.688. The molecular formula is C16H21N3O5S. The largest absolute Gasteiger partial charge is 0.468 e. The van der Waals surface area contributed by atoms with Gasteiger partial charge in [0.05, 0.1) is 30.3 Å². The first-order chi connectivity index (χ1) is 11.9. The summed E-state index contributed by atoms with van der Waals surface area (Å²) in [7, 11) is -2.06. The van der Waals surface area contributed by atoms with Gasteiger partial charge in [-0.3, -0.25) is 9.52 Å². The molecule has 8 nitrogen and oxygen atoms in total. The van der Waals surface area contributed by atoms with Crippen LogP contribution < -0.4 is 4.72 Å². The number of esters is 1. The summed E-state index contributed by atoms with van der Waals surface area (Å²) in [5, 5.41) is -0.348. The van der Waals surface area contributed by atoms with E-state index in [-0.39, 0.29) is 29.2 Å². The number of sulfonamides is 1. The molecule has 2 bridgehead atoms. The Kier molecular flexibility index (Phi) is 3.95. The van der Waals surface area contributed by atoms with Crippen molar-refractivity contribution in [3.8, 4) is 0 Å². The van der Waals surface area contributed by atoms with Gasteiger partial charge in [-0.2, -0.15) is 0 Å². The van der Waals surface area contributed by atoms with E-state index in [1.54, 1.807) is 6.07 Å². The number of ether oxygens (including phenoxy) is 2. The van der Waals surface area contributed by atoms with E-state index in [0.29, 0.717) is 31.4 Å². The Morgan fingerprint density at radius 1 is 1.24 bits per heavy atom. The van der Waals surface area contributed by atoms with Crippen LogP contribution >= 0.6 is 0 Å². The van der Waals surface area contributed by atoms with Crippen molar-refractivity contribution in [3.63, 3.8) is 0 Å². The van der Waals surface area contributed by atoms with Gasteiger partial charge in [-0.25, -0.2) is 18.4 Å². The minimum absolute atomic E-state index is 0.000536. The number of rotatable bonds is 5. The minimum Gasteiger partial charge on any atom is -0.468 e. The summed E-state index contributed by atoms with van der Waals surface area (Å²) in [6.07, 6.45) is 5.43. The number of aromatic nitrogens is 2. The average Bonchev–Trinajstić information content (AvgIpc) is 3.40. The summed E-state index contributed by atoms with van der Waals surface area (Å²) in [6.45, 7) is 0. The minimum atomic E-state index is -3.42. The molecule has 1 saturated carbocycles. The Morgan fingerprint density at radius 3 is 2.52 bits per heavy atom. The van der Waals surface area contributed by atoms with Crippen LogP contribution in [-0.4, -0.2) is 48.9 Å². The molecule has 1 aliphatic carbocycles. The summed E-state index contributed by atoms with van der Waals surface area (Å²) in [4.78, 5) is 20.9. The van der Waals surface area contributed by atoms with Gasteiger partial charge >= 0.3 is 5.97 Å². The molecule has 0 radical (unpaired) electrons. The van der Waals surface area contributed by atoms with Crippen molar-refractivity contribution in [2.45, 2.75) is 61.4 Å². The van der Waals surface area contributed by atoms with Gasteiger partial charge in [0.2, 0.25) is 10.0 Å². The van der Waals surface area contributed by atoms with Gasteiger partial charge in [-0.05, 0) is 38.5 Å². The van der Waals surface area contributed by atoms with Gasteiger partial charge in [0.15, 0.2) is 0 Å². The molecule has 3 fully saturated rings. The first-order valence-electron chi connectivity index (χ1n) is 8.51. The van der Waals surface area contributed by atoms with Crippen LogP contribution in [0.25, 0.3) is 0 Å². The smallest absolute Gasteiger partial charge is 0.318 e. The van der Waals surface area contributed by atoms with Crippen molar-refractivity contribution in [2.75, 3.05) is 11.8 Å². The number of methoxy groups -OCH3 is 1. The lowest BCUT2D eigenvalue weighted by molar-refractivity contribution is -0.155. The van der Waals surface area contributed by atoms with E-state index in [9.17, 15) is 13.2 Å². The Hall–Kier alpha value is -1.74. The molecule has 1 aromatic heterocycles. The highest BCUT2D eigenvalue weighted by Gasteiger charge is 2.52. The second-order valence-electron chi connectivity index (χ2n) is 7.07. The summed E-state index contributed by atoms with van der Waals surface area (Å²) in [5.74, 6) is -0.165. The molecule has 0 amide bonds. The predicted octanol–water partition coefficient (Wildman–Crippen LogP) is 1.13. The Morgan fingerprint density at radius 2 is 1.92 bits per heavy atom. The zero-order valence-electron chi connectivity index (χ0n) is 14.0. The Balaban J connectivity index is 1.68. The monoisotopic (exact) mass is 367 g/mol. The number of carbonyl (C=O) groups excluding carboxylic acids is 1. The highest BCUT2D eigenvalue weighted by atomic mass is 32.2. The first-order valence-corrected chi connectivity index (χ1v) is 10.1. The number of hydrogen-bond donors (Lipinski definition) is 1. The van der Waals surface area contributed by atoms with Crippen molar-refractivity contribution < 1.29 is 22.7 Å². The SMILES string of the molecule is COC(=O)C1(c2cc(NS(=O)(=O)C3CC3)ncn2)CC2CCC(C1)O2. The normalized spacial score (nSPS) is 31.6. The molecule has 2 unspecified atom stereocenters. The third-order valence-corrected chi connectivity index (χ3v) is 7.13. The zero-order chi connectivity index (χ0) is 17.7. The molecule has 4 rings (SSSR count). The van der Waals surface area contributed by atoms with E-state index in [0.717, 1.165) is 12.8 Å². The molecule has 0 spiro atoms. The Labute approximate surface area is 146 Å². The molecule has 1 N–H and O–H groups in total. The van der Waals surface area contributed by atoms with Crippen molar-refractivity contribution in [3.05, 3.63) is 18.1 Å². The third kappa shape index (κ3) is 2.99. The number of hydrogen-bond acceptors (Lipinski definition) is 7. The second-order valence-corrected chi connectivity index (χ2v) is 9.04. The number of fused-ring (bicyclic) bond motifs is 2. The lowest BCUT2D eigenvalue weighted by atomic mass is 9.74.